The van der Waals surface area contributed by atoms with Crippen molar-refractivity contribution in [2.75, 3.05) is 30.9 Å². The number of methoxy groups -OCH3 is 1. The summed E-state index contributed by atoms with van der Waals surface area (Å²) < 4.78 is 53.0. The van der Waals surface area contributed by atoms with Gasteiger partial charge in [0.15, 0.2) is 11.6 Å². The molecule has 2 amide bonds. The molecule has 3 heterocycles. The fourth-order valence-electron chi connectivity index (χ4n) is 4.14. The van der Waals surface area contributed by atoms with E-state index in [0.717, 1.165) is 52.7 Å². The third kappa shape index (κ3) is 7.15. The average Bonchev–Trinajstić information content (AvgIpc) is 3.40. The van der Waals surface area contributed by atoms with Gasteiger partial charge < -0.3 is 25.4 Å². The lowest BCUT2D eigenvalue weighted by atomic mass is 10.1. The highest BCUT2D eigenvalue weighted by atomic mass is 32.2. The molecule has 4 aromatic rings. The number of nitrogens with one attached hydrogen (secondary N) is 3. The van der Waals surface area contributed by atoms with Gasteiger partial charge in [-0.05, 0) is 35.9 Å². The topological polar surface area (TPSA) is 97.4 Å². The first-order valence-corrected chi connectivity index (χ1v) is 13.6. The minimum atomic E-state index is -0.860. The highest BCUT2D eigenvalue weighted by Crippen LogP contribution is 2.50. The zero-order chi connectivity index (χ0) is 28.8. The Morgan fingerprint density at radius 1 is 1.00 bits per heavy atom. The van der Waals surface area contributed by atoms with Gasteiger partial charge in [-0.2, -0.15) is 0 Å². The fraction of sp³-hybridized carbons (Fsp3) is 0.207. The van der Waals surface area contributed by atoms with Gasteiger partial charge in [-0.25, -0.2) is 18.0 Å². The molecule has 8 nitrogen and oxygen atoms in total. The first-order valence-electron chi connectivity index (χ1n) is 12.7. The zero-order valence-corrected chi connectivity index (χ0v) is 22.7. The van der Waals surface area contributed by atoms with Gasteiger partial charge >= 0.3 is 6.03 Å². The Morgan fingerprint density at radius 3 is 2.66 bits per heavy atom. The summed E-state index contributed by atoms with van der Waals surface area (Å²) in [6.45, 7) is 2.10. The van der Waals surface area contributed by atoms with Gasteiger partial charge in [0.25, 0.3) is 0 Å². The molecule has 2 aromatic heterocycles. The van der Waals surface area contributed by atoms with Crippen molar-refractivity contribution in [2.24, 2.45) is 0 Å². The van der Waals surface area contributed by atoms with Crippen molar-refractivity contribution in [1.29, 1.82) is 0 Å². The molecule has 0 saturated heterocycles. The molecular weight excluding hydrogens is 555 g/mol. The number of amides is 2. The standard InChI is InChI=1S/C29H26F3N5O3S/c1-39-11-10-33-15-17-2-6-22(35-16-17)27-14-24-28(41-27)26(8-9-34-24)40-25-7-4-19(13-21(25)32)36-29(38)37-23-12-18(30)3-5-20(23)31/h2-9,12-13,16,27,33H,10-11,14-15H2,1H3,(H2,36,37,38). The molecule has 0 saturated carbocycles. The van der Waals surface area contributed by atoms with Crippen molar-refractivity contribution < 1.29 is 27.4 Å². The molecule has 1 unspecified atom stereocenters. The monoisotopic (exact) mass is 581 g/mol. The summed E-state index contributed by atoms with van der Waals surface area (Å²) in [5.41, 5.74) is 2.58. The molecule has 3 N–H and O–H groups in total. The lowest BCUT2D eigenvalue weighted by Crippen LogP contribution is -2.20. The number of fused-ring (bicyclic) bond motifs is 1. The third-order valence-electron chi connectivity index (χ3n) is 6.16. The molecule has 2 aromatic carbocycles. The highest BCUT2D eigenvalue weighted by molar-refractivity contribution is 8.00. The predicted octanol–water partition coefficient (Wildman–Crippen LogP) is 6.46. The van der Waals surface area contributed by atoms with E-state index >= 15 is 0 Å². The molecule has 5 rings (SSSR count). The van der Waals surface area contributed by atoms with Crippen LogP contribution >= 0.6 is 11.8 Å². The number of carbonyl (C=O) groups is 1. The van der Waals surface area contributed by atoms with Crippen molar-refractivity contribution in [2.45, 2.75) is 23.1 Å². The number of thioether (sulfide) groups is 1. The van der Waals surface area contributed by atoms with Crippen molar-refractivity contribution in [3.63, 3.8) is 0 Å². The van der Waals surface area contributed by atoms with Crippen LogP contribution in [-0.2, 0) is 17.7 Å². The molecule has 0 radical (unpaired) electrons. The molecule has 0 fully saturated rings. The number of nitrogens with zero attached hydrogens (tertiary/aromatic N) is 2. The van der Waals surface area contributed by atoms with E-state index in [0.29, 0.717) is 25.3 Å². The molecular formula is C29H26F3N5O3S. The van der Waals surface area contributed by atoms with Crippen molar-refractivity contribution in [3.8, 4) is 11.5 Å². The van der Waals surface area contributed by atoms with Gasteiger partial charge in [0, 0.05) is 62.9 Å². The molecule has 1 aliphatic heterocycles. The van der Waals surface area contributed by atoms with Crippen LogP contribution in [0.1, 0.15) is 22.2 Å². The van der Waals surface area contributed by atoms with E-state index in [1.54, 1.807) is 31.1 Å². The SMILES string of the molecule is COCCNCc1ccc(C2Cc3nccc(Oc4ccc(NC(=O)Nc5cc(F)ccc5F)cc4F)c3S2)nc1. The molecule has 0 bridgehead atoms. The Hall–Kier alpha value is -4.13. The summed E-state index contributed by atoms with van der Waals surface area (Å²) in [5, 5.41) is 7.91. The summed E-state index contributed by atoms with van der Waals surface area (Å²) >= 11 is 1.56. The van der Waals surface area contributed by atoms with E-state index in [2.05, 4.69) is 25.9 Å². The highest BCUT2D eigenvalue weighted by Gasteiger charge is 2.29. The van der Waals surface area contributed by atoms with Gasteiger partial charge in [-0.15, -0.1) is 11.8 Å². The Balaban J connectivity index is 1.21. The van der Waals surface area contributed by atoms with Crippen LogP contribution in [0.4, 0.5) is 29.3 Å². The second kappa shape index (κ2) is 13.0. The van der Waals surface area contributed by atoms with Crippen molar-refractivity contribution in [1.82, 2.24) is 15.3 Å². The molecule has 12 heteroatoms. The number of aromatic nitrogens is 2. The van der Waals surface area contributed by atoms with E-state index in [1.165, 1.54) is 12.1 Å². The summed E-state index contributed by atoms with van der Waals surface area (Å²) in [4.78, 5) is 22.1. The summed E-state index contributed by atoms with van der Waals surface area (Å²) in [6, 6.07) is 11.4. The number of ether oxygens (including phenoxy) is 2. The molecule has 1 aliphatic rings. The van der Waals surface area contributed by atoms with Gasteiger partial charge in [0.1, 0.15) is 17.4 Å². The summed E-state index contributed by atoms with van der Waals surface area (Å²) in [6.07, 6.45) is 4.12. The smallest absolute Gasteiger partial charge is 0.323 e. The normalized spacial score (nSPS) is 14.0. The van der Waals surface area contributed by atoms with Crippen LogP contribution in [-0.4, -0.2) is 36.3 Å². The third-order valence-corrected chi connectivity index (χ3v) is 7.52. The van der Waals surface area contributed by atoms with Crippen LogP contribution in [0, 0.1) is 17.5 Å². The number of halogens is 3. The minimum absolute atomic E-state index is 0.0376. The van der Waals surface area contributed by atoms with Crippen LogP contribution in [0.25, 0.3) is 0 Å². The number of rotatable bonds is 10. The first-order chi connectivity index (χ1) is 19.9. The van der Waals surface area contributed by atoms with E-state index in [4.69, 9.17) is 9.47 Å². The Bertz CT molecular complexity index is 1540. The number of pyridine rings is 2. The second-order valence-corrected chi connectivity index (χ2v) is 10.3. The zero-order valence-electron chi connectivity index (χ0n) is 21.9. The maximum atomic E-state index is 14.9. The van der Waals surface area contributed by atoms with Crippen LogP contribution < -0.4 is 20.7 Å². The van der Waals surface area contributed by atoms with Crippen molar-refractivity contribution >= 4 is 29.2 Å². The minimum Gasteiger partial charge on any atom is -0.453 e. The van der Waals surface area contributed by atoms with Crippen LogP contribution in [0.5, 0.6) is 11.5 Å². The van der Waals surface area contributed by atoms with E-state index in [-0.39, 0.29) is 22.4 Å². The van der Waals surface area contributed by atoms with Crippen LogP contribution in [0.3, 0.4) is 0 Å². The maximum Gasteiger partial charge on any atom is 0.323 e. The first kappa shape index (κ1) is 28.4. The van der Waals surface area contributed by atoms with Gasteiger partial charge in [-0.1, -0.05) is 6.07 Å². The quantitative estimate of drug-likeness (QED) is 0.185. The number of hydrogen-bond donors (Lipinski definition) is 3. The number of carbonyl (C=O) groups excluding carboxylic acids is 1. The summed E-state index contributed by atoms with van der Waals surface area (Å²) in [7, 11) is 1.66. The fourth-order valence-corrected chi connectivity index (χ4v) is 5.43. The van der Waals surface area contributed by atoms with Crippen LogP contribution in [0.2, 0.25) is 0 Å². The van der Waals surface area contributed by atoms with Gasteiger partial charge in [0.2, 0.25) is 0 Å². The Labute approximate surface area is 238 Å². The number of anilines is 2. The van der Waals surface area contributed by atoms with E-state index < -0.39 is 23.5 Å². The Morgan fingerprint density at radius 2 is 1.88 bits per heavy atom. The maximum absolute atomic E-state index is 14.9. The number of hydrogen-bond acceptors (Lipinski definition) is 7. The lowest BCUT2D eigenvalue weighted by Gasteiger charge is -2.13. The number of benzene rings is 2. The lowest BCUT2D eigenvalue weighted by molar-refractivity contribution is 0.199. The largest absolute Gasteiger partial charge is 0.453 e. The number of urea groups is 1. The molecule has 0 aliphatic carbocycles. The molecule has 1 atom stereocenters. The Kier molecular flexibility index (Phi) is 9.02. The average molecular weight is 582 g/mol. The molecule has 0 spiro atoms. The second-order valence-electron chi connectivity index (χ2n) is 9.11. The molecule has 41 heavy (non-hydrogen) atoms. The van der Waals surface area contributed by atoms with E-state index in [9.17, 15) is 18.0 Å². The van der Waals surface area contributed by atoms with E-state index in [1.807, 2.05) is 18.3 Å². The summed E-state index contributed by atoms with van der Waals surface area (Å²) in [5.74, 6) is -1.83. The van der Waals surface area contributed by atoms with Crippen molar-refractivity contribution in [3.05, 3.63) is 101 Å². The predicted molar refractivity (Wildman–Crippen MR) is 150 cm³/mol. The molecule has 212 valence electrons. The van der Waals surface area contributed by atoms with Gasteiger partial charge in [-0.3, -0.25) is 9.97 Å². The van der Waals surface area contributed by atoms with Crippen LogP contribution in [0.15, 0.2) is 71.9 Å². The van der Waals surface area contributed by atoms with Gasteiger partial charge in [0.05, 0.1) is 33.8 Å².